The van der Waals surface area contributed by atoms with Crippen molar-refractivity contribution in [1.82, 2.24) is 0 Å². The molecule has 0 N–H and O–H groups in total. The van der Waals surface area contributed by atoms with Gasteiger partial charge in [0, 0.05) is 10.6 Å². The number of rotatable bonds is 3. The zero-order chi connectivity index (χ0) is 11.4. The number of hydrogen-bond donors (Lipinski definition) is 0. The van der Waals surface area contributed by atoms with Gasteiger partial charge in [0.2, 0.25) is 0 Å². The van der Waals surface area contributed by atoms with Crippen LogP contribution >= 0.6 is 11.6 Å². The van der Waals surface area contributed by atoms with E-state index in [9.17, 15) is 4.79 Å². The largest absolute Gasteiger partial charge is 0.298 e. The highest BCUT2D eigenvalue weighted by Crippen LogP contribution is 2.15. The molecule has 0 atom stereocenters. The maximum atomic E-state index is 10.6. The molecule has 0 radical (unpaired) electrons. The highest BCUT2D eigenvalue weighted by atomic mass is 35.5. The third kappa shape index (κ3) is 2.71. The maximum absolute atomic E-state index is 10.6. The van der Waals surface area contributed by atoms with Gasteiger partial charge in [0.25, 0.3) is 0 Å². The molecule has 0 fully saturated rings. The quantitative estimate of drug-likeness (QED) is 0.734. The first-order chi connectivity index (χ1) is 7.78. The van der Waals surface area contributed by atoms with Crippen LogP contribution in [0.1, 0.15) is 21.5 Å². The van der Waals surface area contributed by atoms with Crippen LogP contribution in [0.2, 0.25) is 5.02 Å². The lowest BCUT2D eigenvalue weighted by molar-refractivity contribution is 0.112. The Morgan fingerprint density at radius 3 is 2.38 bits per heavy atom. The minimum absolute atomic E-state index is 0.708. The first-order valence-corrected chi connectivity index (χ1v) is 5.44. The van der Waals surface area contributed by atoms with Gasteiger partial charge in [0.15, 0.2) is 0 Å². The second-order valence-corrected chi connectivity index (χ2v) is 4.11. The van der Waals surface area contributed by atoms with Crippen molar-refractivity contribution in [3.8, 4) is 0 Å². The summed E-state index contributed by atoms with van der Waals surface area (Å²) in [6.07, 6.45) is 1.66. The fourth-order valence-electron chi connectivity index (χ4n) is 1.66. The molecule has 0 aliphatic heterocycles. The Bertz CT molecular complexity index is 506. The Morgan fingerprint density at radius 1 is 1.00 bits per heavy atom. The highest BCUT2D eigenvalue weighted by molar-refractivity contribution is 6.30. The third-order valence-corrected chi connectivity index (χ3v) is 2.62. The van der Waals surface area contributed by atoms with Crippen LogP contribution in [0, 0.1) is 0 Å². The predicted octanol–water partition coefficient (Wildman–Crippen LogP) is 3.74. The van der Waals surface area contributed by atoms with E-state index in [-0.39, 0.29) is 0 Å². The summed E-state index contributed by atoms with van der Waals surface area (Å²) in [7, 11) is 0. The van der Waals surface area contributed by atoms with Gasteiger partial charge in [-0.3, -0.25) is 4.79 Å². The Hall–Kier alpha value is -1.60. The molecular formula is C14H11ClO. The summed E-state index contributed by atoms with van der Waals surface area (Å²) in [5, 5.41) is 0.740. The van der Waals surface area contributed by atoms with Crippen LogP contribution in [0.3, 0.4) is 0 Å². The summed E-state index contributed by atoms with van der Waals surface area (Å²) in [5.74, 6) is 0. The van der Waals surface area contributed by atoms with Gasteiger partial charge >= 0.3 is 0 Å². The lowest BCUT2D eigenvalue weighted by Crippen LogP contribution is -1.89. The molecule has 80 valence electrons. The van der Waals surface area contributed by atoms with Gasteiger partial charge in [0.05, 0.1) is 0 Å². The number of carbonyl (C=O) groups is 1. The molecule has 1 nitrogen and oxygen atoms in total. The van der Waals surface area contributed by atoms with E-state index in [0.717, 1.165) is 28.9 Å². The molecular weight excluding hydrogens is 220 g/mol. The van der Waals surface area contributed by atoms with Crippen molar-refractivity contribution in [2.75, 3.05) is 0 Å². The highest BCUT2D eigenvalue weighted by Gasteiger charge is 1.98. The number of carbonyl (C=O) groups excluding carboxylic acids is 1. The molecule has 0 spiro atoms. The number of halogens is 1. The standard InChI is InChI=1S/C14H11ClO/c15-14-6-2-4-12(9-14)7-11-3-1-5-13(8-11)10-16/h1-6,8-10H,7H2. The van der Waals surface area contributed by atoms with E-state index in [1.807, 2.05) is 42.5 Å². The second kappa shape index (κ2) is 4.95. The molecule has 0 bridgehead atoms. The Labute approximate surface area is 99.7 Å². The van der Waals surface area contributed by atoms with Gasteiger partial charge in [-0.2, -0.15) is 0 Å². The Kier molecular flexibility index (Phi) is 3.37. The van der Waals surface area contributed by atoms with Gasteiger partial charge in [-0.1, -0.05) is 41.9 Å². The van der Waals surface area contributed by atoms with Gasteiger partial charge in [0.1, 0.15) is 6.29 Å². The van der Waals surface area contributed by atoms with Gasteiger partial charge in [-0.15, -0.1) is 0 Å². The normalized spacial score (nSPS) is 10.1. The summed E-state index contributed by atoms with van der Waals surface area (Å²) in [6.45, 7) is 0. The molecule has 2 aromatic carbocycles. The third-order valence-electron chi connectivity index (χ3n) is 2.38. The fourth-order valence-corrected chi connectivity index (χ4v) is 1.87. The molecule has 2 rings (SSSR count). The van der Waals surface area contributed by atoms with E-state index in [4.69, 9.17) is 11.6 Å². The molecule has 2 heteroatoms. The topological polar surface area (TPSA) is 17.1 Å². The van der Waals surface area contributed by atoms with Crippen LogP contribution in [0.5, 0.6) is 0 Å². The van der Waals surface area contributed by atoms with Crippen molar-refractivity contribution < 1.29 is 4.79 Å². The number of aldehydes is 1. The molecule has 2 aromatic rings. The summed E-state index contributed by atoms with van der Waals surface area (Å²) in [4.78, 5) is 10.6. The number of hydrogen-bond acceptors (Lipinski definition) is 1. The molecule has 0 aliphatic rings. The molecule has 0 unspecified atom stereocenters. The van der Waals surface area contributed by atoms with Crippen molar-refractivity contribution in [3.63, 3.8) is 0 Å². The average molecular weight is 231 g/mol. The van der Waals surface area contributed by atoms with E-state index < -0.39 is 0 Å². The monoisotopic (exact) mass is 230 g/mol. The van der Waals surface area contributed by atoms with Crippen LogP contribution < -0.4 is 0 Å². The first kappa shape index (κ1) is 10.9. The molecule has 0 saturated carbocycles. The first-order valence-electron chi connectivity index (χ1n) is 5.06. The van der Waals surface area contributed by atoms with Crippen LogP contribution in [-0.4, -0.2) is 6.29 Å². The average Bonchev–Trinajstić information content (AvgIpc) is 2.29. The summed E-state index contributed by atoms with van der Waals surface area (Å²) in [6, 6.07) is 15.3. The van der Waals surface area contributed by atoms with Gasteiger partial charge in [-0.25, -0.2) is 0 Å². The zero-order valence-corrected chi connectivity index (χ0v) is 9.45. The zero-order valence-electron chi connectivity index (χ0n) is 8.69. The van der Waals surface area contributed by atoms with Crippen molar-refractivity contribution in [3.05, 3.63) is 70.2 Å². The molecule has 0 aliphatic carbocycles. The van der Waals surface area contributed by atoms with Gasteiger partial charge in [-0.05, 0) is 35.7 Å². The van der Waals surface area contributed by atoms with Crippen LogP contribution in [-0.2, 0) is 6.42 Å². The molecule has 0 amide bonds. The van der Waals surface area contributed by atoms with Gasteiger partial charge < -0.3 is 0 Å². The number of benzene rings is 2. The minimum Gasteiger partial charge on any atom is -0.298 e. The molecule has 0 saturated heterocycles. The summed E-state index contributed by atoms with van der Waals surface area (Å²) >= 11 is 5.91. The lowest BCUT2D eigenvalue weighted by atomic mass is 10.0. The van der Waals surface area contributed by atoms with Crippen molar-refractivity contribution in [2.45, 2.75) is 6.42 Å². The summed E-state index contributed by atoms with van der Waals surface area (Å²) in [5.41, 5.74) is 2.97. The lowest BCUT2D eigenvalue weighted by Gasteiger charge is -2.03. The van der Waals surface area contributed by atoms with Crippen LogP contribution in [0.15, 0.2) is 48.5 Å². The van der Waals surface area contributed by atoms with Crippen molar-refractivity contribution in [2.24, 2.45) is 0 Å². The van der Waals surface area contributed by atoms with E-state index in [1.165, 1.54) is 0 Å². The van der Waals surface area contributed by atoms with Crippen molar-refractivity contribution in [1.29, 1.82) is 0 Å². The fraction of sp³-hybridized carbons (Fsp3) is 0.0714. The maximum Gasteiger partial charge on any atom is 0.150 e. The Balaban J connectivity index is 2.23. The minimum atomic E-state index is 0.708. The Morgan fingerprint density at radius 2 is 1.69 bits per heavy atom. The smallest absolute Gasteiger partial charge is 0.150 e. The molecule has 16 heavy (non-hydrogen) atoms. The van der Waals surface area contributed by atoms with E-state index >= 15 is 0 Å². The van der Waals surface area contributed by atoms with E-state index in [2.05, 4.69) is 0 Å². The predicted molar refractivity (Wildman–Crippen MR) is 66.1 cm³/mol. The van der Waals surface area contributed by atoms with Crippen LogP contribution in [0.4, 0.5) is 0 Å². The van der Waals surface area contributed by atoms with Crippen LogP contribution in [0.25, 0.3) is 0 Å². The van der Waals surface area contributed by atoms with Crippen molar-refractivity contribution >= 4 is 17.9 Å². The summed E-state index contributed by atoms with van der Waals surface area (Å²) < 4.78 is 0. The SMILES string of the molecule is O=Cc1cccc(Cc2cccc(Cl)c2)c1. The second-order valence-electron chi connectivity index (χ2n) is 3.67. The molecule has 0 heterocycles. The molecule has 0 aromatic heterocycles. The van der Waals surface area contributed by atoms with E-state index in [1.54, 1.807) is 6.07 Å². The van der Waals surface area contributed by atoms with E-state index in [0.29, 0.717) is 5.56 Å².